The molecular weight excluding hydrogens is 340 g/mol. The molecule has 0 fully saturated rings. The quantitative estimate of drug-likeness (QED) is 0.466. The van der Waals surface area contributed by atoms with Crippen molar-refractivity contribution < 1.29 is 17.6 Å². The molecule has 2 rings (SSSR count). The van der Waals surface area contributed by atoms with Gasteiger partial charge in [0, 0.05) is 16.8 Å². The highest BCUT2D eigenvalue weighted by atomic mass is 35.5. The van der Waals surface area contributed by atoms with Crippen LogP contribution in [0.15, 0.2) is 24.4 Å². The van der Waals surface area contributed by atoms with Gasteiger partial charge >= 0.3 is 6.18 Å². The van der Waals surface area contributed by atoms with E-state index in [4.69, 9.17) is 34.8 Å². The Morgan fingerprint density at radius 2 is 1.65 bits per heavy atom. The summed E-state index contributed by atoms with van der Waals surface area (Å²) in [6.45, 7) is 0. The number of benzene rings is 1. The number of hydrogen-bond donors (Lipinski definition) is 0. The minimum Gasteiger partial charge on any atom is -0.252 e. The summed E-state index contributed by atoms with van der Waals surface area (Å²) in [7, 11) is 0. The van der Waals surface area contributed by atoms with E-state index >= 15 is 0 Å². The summed E-state index contributed by atoms with van der Waals surface area (Å²) in [5.41, 5.74) is -1.52. The number of pyridine rings is 1. The summed E-state index contributed by atoms with van der Waals surface area (Å²) in [5.74, 6) is -1.17. The molecule has 20 heavy (non-hydrogen) atoms. The van der Waals surface area contributed by atoms with E-state index < -0.39 is 17.6 Å². The number of rotatable bonds is 1. The second kappa shape index (κ2) is 5.39. The van der Waals surface area contributed by atoms with Gasteiger partial charge in [0.15, 0.2) is 0 Å². The average Bonchev–Trinajstić information content (AvgIpc) is 2.33. The Balaban J connectivity index is 2.60. The Bertz CT molecular complexity index is 670. The van der Waals surface area contributed by atoms with Gasteiger partial charge in [-0.25, -0.2) is 4.39 Å². The second-order valence-electron chi connectivity index (χ2n) is 3.80. The van der Waals surface area contributed by atoms with Crippen molar-refractivity contribution in [1.29, 1.82) is 0 Å². The smallest absolute Gasteiger partial charge is 0.252 e. The van der Waals surface area contributed by atoms with Crippen molar-refractivity contribution in [1.82, 2.24) is 4.98 Å². The maximum Gasteiger partial charge on any atom is 0.417 e. The van der Waals surface area contributed by atoms with Gasteiger partial charge in [-0.3, -0.25) is 4.98 Å². The van der Waals surface area contributed by atoms with Gasteiger partial charge in [-0.05, 0) is 18.2 Å². The fourth-order valence-electron chi connectivity index (χ4n) is 1.52. The zero-order chi connectivity index (χ0) is 15.1. The summed E-state index contributed by atoms with van der Waals surface area (Å²) in [4.78, 5) is 3.46. The van der Waals surface area contributed by atoms with Crippen LogP contribution in [0.5, 0.6) is 0 Å². The van der Waals surface area contributed by atoms with Crippen molar-refractivity contribution in [2.45, 2.75) is 6.18 Å². The van der Waals surface area contributed by atoms with Crippen molar-refractivity contribution >= 4 is 34.8 Å². The van der Waals surface area contributed by atoms with Crippen molar-refractivity contribution in [2.75, 3.05) is 0 Å². The highest BCUT2D eigenvalue weighted by molar-refractivity contribution is 6.45. The van der Waals surface area contributed by atoms with E-state index in [0.717, 1.165) is 0 Å². The third-order valence-corrected chi connectivity index (χ3v) is 3.44. The zero-order valence-corrected chi connectivity index (χ0v) is 11.7. The highest BCUT2D eigenvalue weighted by Gasteiger charge is 2.32. The topological polar surface area (TPSA) is 12.9 Å². The highest BCUT2D eigenvalue weighted by Crippen LogP contribution is 2.38. The largest absolute Gasteiger partial charge is 0.417 e. The fourth-order valence-corrected chi connectivity index (χ4v) is 2.21. The molecule has 1 nitrogen and oxygen atoms in total. The Morgan fingerprint density at radius 3 is 2.20 bits per heavy atom. The molecule has 0 aliphatic carbocycles. The van der Waals surface area contributed by atoms with Crippen LogP contribution in [0.4, 0.5) is 17.6 Å². The Morgan fingerprint density at radius 1 is 1.00 bits per heavy atom. The van der Waals surface area contributed by atoms with Crippen LogP contribution in [0.25, 0.3) is 11.3 Å². The van der Waals surface area contributed by atoms with Crippen molar-refractivity contribution in [2.24, 2.45) is 0 Å². The SMILES string of the molecule is Fc1cc(C(F)(F)F)cnc1-c1cc(Cl)cc(Cl)c1Cl. The molecule has 0 bridgehead atoms. The van der Waals surface area contributed by atoms with Crippen LogP contribution in [0, 0.1) is 5.82 Å². The molecule has 1 heterocycles. The molecule has 8 heteroatoms. The summed E-state index contributed by atoms with van der Waals surface area (Å²) < 4.78 is 51.1. The molecule has 0 aliphatic rings. The van der Waals surface area contributed by atoms with Crippen molar-refractivity contribution in [3.05, 3.63) is 50.8 Å². The lowest BCUT2D eigenvalue weighted by Gasteiger charge is -2.10. The summed E-state index contributed by atoms with van der Waals surface area (Å²) in [6, 6.07) is 2.94. The molecular formula is C12H4Cl3F4N. The first-order valence-electron chi connectivity index (χ1n) is 5.08. The molecule has 0 unspecified atom stereocenters. The Kier molecular flexibility index (Phi) is 4.14. The number of alkyl halides is 3. The molecule has 0 aliphatic heterocycles. The number of nitrogens with zero attached hydrogens (tertiary/aromatic N) is 1. The summed E-state index contributed by atoms with van der Waals surface area (Å²) >= 11 is 17.4. The predicted molar refractivity (Wildman–Crippen MR) is 69.7 cm³/mol. The third kappa shape index (κ3) is 3.00. The monoisotopic (exact) mass is 343 g/mol. The second-order valence-corrected chi connectivity index (χ2v) is 5.02. The molecule has 0 N–H and O–H groups in total. The molecule has 1 aromatic heterocycles. The molecule has 0 spiro atoms. The first-order valence-corrected chi connectivity index (χ1v) is 6.21. The van der Waals surface area contributed by atoms with Gasteiger partial charge in [-0.2, -0.15) is 13.2 Å². The molecule has 0 amide bonds. The molecule has 1 aromatic carbocycles. The predicted octanol–water partition coefficient (Wildman–Crippen LogP) is 5.87. The molecule has 0 radical (unpaired) electrons. The standard InChI is InChI=1S/C12H4Cl3F4N/c13-6-2-7(10(15)8(14)3-6)11-9(16)1-5(4-20-11)12(17,18)19/h1-4H. The van der Waals surface area contributed by atoms with E-state index in [1.54, 1.807) is 0 Å². The van der Waals surface area contributed by atoms with Crippen LogP contribution in [0.2, 0.25) is 15.1 Å². The van der Waals surface area contributed by atoms with E-state index in [1.807, 2.05) is 0 Å². The van der Waals surface area contributed by atoms with Crippen LogP contribution in [-0.4, -0.2) is 4.98 Å². The first-order chi connectivity index (χ1) is 9.20. The van der Waals surface area contributed by atoms with Crippen LogP contribution in [-0.2, 0) is 6.18 Å². The third-order valence-electron chi connectivity index (χ3n) is 2.42. The van der Waals surface area contributed by atoms with E-state index in [0.29, 0.717) is 12.3 Å². The van der Waals surface area contributed by atoms with Crippen LogP contribution in [0.1, 0.15) is 5.56 Å². The maximum absolute atomic E-state index is 13.8. The van der Waals surface area contributed by atoms with Crippen LogP contribution in [0.3, 0.4) is 0 Å². The molecule has 0 saturated heterocycles. The molecule has 106 valence electrons. The molecule has 2 aromatic rings. The van der Waals surface area contributed by atoms with Gasteiger partial charge in [-0.1, -0.05) is 34.8 Å². The number of halogens is 7. The maximum atomic E-state index is 13.8. The van der Waals surface area contributed by atoms with Gasteiger partial charge < -0.3 is 0 Å². The lowest BCUT2D eigenvalue weighted by atomic mass is 10.1. The lowest BCUT2D eigenvalue weighted by Crippen LogP contribution is -2.07. The molecule has 0 atom stereocenters. The number of hydrogen-bond acceptors (Lipinski definition) is 1. The van der Waals surface area contributed by atoms with Gasteiger partial charge in [0.25, 0.3) is 0 Å². The number of aromatic nitrogens is 1. The van der Waals surface area contributed by atoms with Gasteiger partial charge in [0.1, 0.15) is 11.5 Å². The van der Waals surface area contributed by atoms with Gasteiger partial charge in [0.05, 0.1) is 15.6 Å². The normalized spacial score (nSPS) is 11.8. The minimum absolute atomic E-state index is 0.0235. The minimum atomic E-state index is -4.68. The van der Waals surface area contributed by atoms with E-state index in [-0.39, 0.29) is 26.3 Å². The lowest BCUT2D eigenvalue weighted by molar-refractivity contribution is -0.138. The van der Waals surface area contributed by atoms with Crippen LogP contribution >= 0.6 is 34.8 Å². The first kappa shape index (κ1) is 15.4. The Labute approximate surface area is 126 Å². The zero-order valence-electron chi connectivity index (χ0n) is 9.40. The molecule has 0 saturated carbocycles. The Hall–Kier alpha value is -1.04. The summed E-state index contributed by atoms with van der Waals surface area (Å²) in [6.07, 6.45) is -4.16. The van der Waals surface area contributed by atoms with Gasteiger partial charge in [0.2, 0.25) is 0 Å². The van der Waals surface area contributed by atoms with Crippen molar-refractivity contribution in [3.63, 3.8) is 0 Å². The van der Waals surface area contributed by atoms with E-state index in [1.165, 1.54) is 12.1 Å². The van der Waals surface area contributed by atoms with Crippen molar-refractivity contribution in [3.8, 4) is 11.3 Å². The summed E-state index contributed by atoms with van der Waals surface area (Å²) in [5, 5.41) is 0.174. The van der Waals surface area contributed by atoms with E-state index in [9.17, 15) is 17.6 Å². The average molecular weight is 345 g/mol. The van der Waals surface area contributed by atoms with Crippen LogP contribution < -0.4 is 0 Å². The van der Waals surface area contributed by atoms with Gasteiger partial charge in [-0.15, -0.1) is 0 Å². The van der Waals surface area contributed by atoms with E-state index in [2.05, 4.69) is 4.98 Å². The fraction of sp³-hybridized carbons (Fsp3) is 0.0833.